The third-order valence-corrected chi connectivity index (χ3v) is 2.55. The summed E-state index contributed by atoms with van der Waals surface area (Å²) >= 11 is 1.58. The van der Waals surface area contributed by atoms with Gasteiger partial charge in [-0.2, -0.15) is 8.78 Å². The summed E-state index contributed by atoms with van der Waals surface area (Å²) < 4.78 is 56.6. The number of rotatable bonds is 3. The van der Waals surface area contributed by atoms with E-state index in [0.29, 0.717) is 0 Å². The summed E-state index contributed by atoms with van der Waals surface area (Å²) in [6, 6.07) is 0. The third kappa shape index (κ3) is 3.02. The Morgan fingerprint density at radius 3 is 1.75 bits per heavy atom. The van der Waals surface area contributed by atoms with Crippen molar-refractivity contribution in [3.8, 4) is 5.75 Å². The first kappa shape index (κ1) is 16.7. The van der Waals surface area contributed by atoms with Crippen LogP contribution in [0.25, 0.3) is 0 Å². The summed E-state index contributed by atoms with van der Waals surface area (Å²) in [5.74, 6) is -13.9. The Balaban J connectivity index is 3.45. The van der Waals surface area contributed by atoms with Gasteiger partial charge >= 0.3 is 5.97 Å². The van der Waals surface area contributed by atoms with Crippen LogP contribution < -0.4 is 9.84 Å². The molecule has 1 aromatic rings. The quantitative estimate of drug-likeness (QED) is 0.192. The van der Waals surface area contributed by atoms with Gasteiger partial charge in [0, 0.05) is 0 Å². The van der Waals surface area contributed by atoms with Gasteiger partial charge in [-0.15, -0.1) is 0 Å². The second kappa shape index (κ2) is 5.54. The molecular weight excluding hydrogens is 399 g/mol. The molecule has 4 nitrogen and oxygen atoms in total. The van der Waals surface area contributed by atoms with Gasteiger partial charge < -0.3 is 14.6 Å². The Morgan fingerprint density at radius 1 is 1.05 bits per heavy atom. The van der Waals surface area contributed by atoms with E-state index in [1.54, 1.807) is 22.6 Å². The Morgan fingerprint density at radius 2 is 1.45 bits per heavy atom. The second-order valence-corrected chi connectivity index (χ2v) is 6.81. The van der Waals surface area contributed by atoms with Crippen LogP contribution in [0.3, 0.4) is 0 Å². The second-order valence-electron chi connectivity index (χ2n) is 4.11. The molecule has 0 N–H and O–H groups in total. The van der Waals surface area contributed by atoms with E-state index in [2.05, 4.69) is 4.74 Å². The average molecular weight is 405 g/mol. The van der Waals surface area contributed by atoms with Crippen LogP contribution in [0.5, 0.6) is 5.75 Å². The van der Waals surface area contributed by atoms with Crippen LogP contribution >= 0.6 is 22.6 Å². The van der Waals surface area contributed by atoms with Gasteiger partial charge in [0.15, 0.2) is 11.6 Å². The van der Waals surface area contributed by atoms with Gasteiger partial charge in [-0.25, -0.2) is 8.78 Å². The molecule has 0 amide bonds. The Labute approximate surface area is 123 Å². The molecule has 0 saturated carbocycles. The van der Waals surface area contributed by atoms with E-state index in [9.17, 15) is 32.3 Å². The molecule has 0 aliphatic heterocycles. The topological polar surface area (TPSA) is 66.4 Å². The van der Waals surface area contributed by atoms with E-state index in [1.807, 2.05) is 0 Å². The van der Waals surface area contributed by atoms with Crippen molar-refractivity contribution >= 4 is 34.5 Å². The lowest BCUT2D eigenvalue weighted by Crippen LogP contribution is -2.31. The van der Waals surface area contributed by atoms with Gasteiger partial charge in [-0.1, -0.05) is 22.6 Å². The standard InChI is InChI=1S/C11H7F4IO4/c1-11(2,16)10(19)20-8-6(14)4(12)3(9(17)18)5(13)7(8)15/h1-2H3,(H,17,18)/p-1. The summed E-state index contributed by atoms with van der Waals surface area (Å²) in [6.45, 7) is 2.65. The first-order chi connectivity index (χ1) is 8.98. The number of hydrogen-bond acceptors (Lipinski definition) is 4. The van der Waals surface area contributed by atoms with E-state index in [1.165, 1.54) is 13.8 Å². The molecule has 0 fully saturated rings. The lowest BCUT2D eigenvalue weighted by Gasteiger charge is -2.17. The monoisotopic (exact) mass is 405 g/mol. The molecule has 0 spiro atoms. The Kier molecular flexibility index (Phi) is 4.62. The number of carbonyl (C=O) groups excluding carboxylic acids is 2. The molecule has 0 radical (unpaired) electrons. The van der Waals surface area contributed by atoms with Gasteiger partial charge in [0.05, 0.1) is 11.5 Å². The minimum atomic E-state index is -2.44. The fourth-order valence-corrected chi connectivity index (χ4v) is 1.20. The van der Waals surface area contributed by atoms with Crippen molar-refractivity contribution in [3.05, 3.63) is 28.8 Å². The first-order valence-electron chi connectivity index (χ1n) is 4.97. The molecule has 0 atom stereocenters. The molecule has 0 bridgehead atoms. The van der Waals surface area contributed by atoms with Crippen molar-refractivity contribution in [2.75, 3.05) is 0 Å². The lowest BCUT2D eigenvalue weighted by molar-refractivity contribution is -0.255. The normalized spacial score (nSPS) is 11.3. The van der Waals surface area contributed by atoms with Crippen molar-refractivity contribution in [1.82, 2.24) is 0 Å². The van der Waals surface area contributed by atoms with Gasteiger partial charge in [-0.3, -0.25) is 4.79 Å². The first-order valence-corrected chi connectivity index (χ1v) is 6.04. The van der Waals surface area contributed by atoms with Crippen molar-refractivity contribution in [3.63, 3.8) is 0 Å². The van der Waals surface area contributed by atoms with E-state index in [-0.39, 0.29) is 0 Å². The summed E-state index contributed by atoms with van der Waals surface area (Å²) in [6.07, 6.45) is 0. The van der Waals surface area contributed by atoms with Crippen molar-refractivity contribution in [2.45, 2.75) is 17.3 Å². The van der Waals surface area contributed by atoms with E-state index in [4.69, 9.17) is 0 Å². The number of carboxylic acids is 1. The summed E-state index contributed by atoms with van der Waals surface area (Å²) in [4.78, 5) is 21.8. The number of carboxylic acid groups (broad SMARTS) is 1. The molecule has 9 heteroatoms. The summed E-state index contributed by atoms with van der Waals surface area (Å²) in [7, 11) is 0. The maximum atomic E-state index is 13.5. The number of alkyl halides is 1. The predicted molar refractivity (Wildman–Crippen MR) is 64.3 cm³/mol. The van der Waals surface area contributed by atoms with Gasteiger partial charge in [0.2, 0.25) is 17.4 Å². The largest absolute Gasteiger partial charge is 0.545 e. The summed E-state index contributed by atoms with van der Waals surface area (Å²) in [5.41, 5.74) is -1.91. The fourth-order valence-electron chi connectivity index (χ4n) is 1.09. The molecule has 0 heterocycles. The van der Waals surface area contributed by atoms with Gasteiger partial charge in [0.1, 0.15) is 3.42 Å². The maximum absolute atomic E-state index is 13.5. The molecule has 0 aliphatic carbocycles. The number of hydrogen-bond donors (Lipinski definition) is 0. The zero-order valence-corrected chi connectivity index (χ0v) is 12.2. The minimum absolute atomic E-state index is 1.17. The predicted octanol–water partition coefficient (Wildman–Crippen LogP) is 1.73. The average Bonchev–Trinajstić information content (AvgIpc) is 2.30. The Hall–Kier alpha value is -1.39. The highest BCUT2D eigenvalue weighted by atomic mass is 127. The number of esters is 1. The SMILES string of the molecule is CC(C)(I)C(=O)Oc1c(F)c(F)c(C(=O)[O-])c(F)c1F. The fraction of sp³-hybridized carbons (Fsp3) is 0.273. The highest BCUT2D eigenvalue weighted by Crippen LogP contribution is 2.31. The molecule has 1 rings (SSSR count). The van der Waals surface area contributed by atoms with Crippen LogP contribution in [0.1, 0.15) is 24.2 Å². The molecule has 0 saturated heterocycles. The van der Waals surface area contributed by atoms with Crippen LogP contribution in [0.2, 0.25) is 0 Å². The van der Waals surface area contributed by atoms with E-state index >= 15 is 0 Å². The number of benzene rings is 1. The van der Waals surface area contributed by atoms with Crippen LogP contribution in [0.4, 0.5) is 17.6 Å². The van der Waals surface area contributed by atoms with Crippen molar-refractivity contribution in [1.29, 1.82) is 0 Å². The molecule has 0 aromatic heterocycles. The number of ether oxygens (including phenoxy) is 1. The number of halogens is 5. The molecule has 110 valence electrons. The molecule has 1 aromatic carbocycles. The molecule has 20 heavy (non-hydrogen) atoms. The lowest BCUT2D eigenvalue weighted by atomic mass is 10.1. The summed E-state index contributed by atoms with van der Waals surface area (Å²) in [5, 5.41) is 10.4. The zero-order valence-electron chi connectivity index (χ0n) is 10.0. The zero-order chi connectivity index (χ0) is 15.8. The highest BCUT2D eigenvalue weighted by molar-refractivity contribution is 14.1. The third-order valence-electron chi connectivity index (χ3n) is 2.11. The molecular formula is C11H6F4IO4-. The molecule has 0 aliphatic rings. The van der Waals surface area contributed by atoms with Crippen molar-refractivity contribution < 1.29 is 37.0 Å². The highest BCUT2D eigenvalue weighted by Gasteiger charge is 2.32. The Bertz CT molecular complexity index is 566. The van der Waals surface area contributed by atoms with Crippen LogP contribution in [-0.2, 0) is 4.79 Å². The maximum Gasteiger partial charge on any atom is 0.327 e. The van der Waals surface area contributed by atoms with Crippen molar-refractivity contribution in [2.24, 2.45) is 0 Å². The van der Waals surface area contributed by atoms with Gasteiger partial charge in [-0.05, 0) is 13.8 Å². The minimum Gasteiger partial charge on any atom is -0.545 e. The number of carbonyl (C=O) groups is 2. The number of aromatic carboxylic acids is 1. The molecule has 0 unspecified atom stereocenters. The van der Waals surface area contributed by atoms with Crippen LogP contribution in [0, 0.1) is 23.3 Å². The van der Waals surface area contributed by atoms with Crippen LogP contribution in [0.15, 0.2) is 0 Å². The van der Waals surface area contributed by atoms with E-state index in [0.717, 1.165) is 0 Å². The van der Waals surface area contributed by atoms with E-state index < -0.39 is 49.9 Å². The van der Waals surface area contributed by atoms with Crippen LogP contribution in [-0.4, -0.2) is 15.4 Å². The van der Waals surface area contributed by atoms with Gasteiger partial charge in [0.25, 0.3) is 0 Å². The smallest absolute Gasteiger partial charge is 0.327 e.